The molecule has 0 bridgehead atoms. The second-order valence-electron chi connectivity index (χ2n) is 6.03. The maximum Gasteiger partial charge on any atom is 0.331 e. The van der Waals surface area contributed by atoms with E-state index in [0.717, 1.165) is 10.1 Å². The van der Waals surface area contributed by atoms with Gasteiger partial charge in [0.25, 0.3) is 5.56 Å². The van der Waals surface area contributed by atoms with Gasteiger partial charge in [-0.25, -0.2) is 9.78 Å². The highest BCUT2D eigenvalue weighted by molar-refractivity contribution is 5.83. The summed E-state index contributed by atoms with van der Waals surface area (Å²) >= 11 is 0. The lowest BCUT2D eigenvalue weighted by atomic mass is 10.2. The number of nitriles is 2. The molecule has 0 aliphatic carbocycles. The lowest BCUT2D eigenvalue weighted by Gasteiger charge is -2.10. The van der Waals surface area contributed by atoms with E-state index >= 15 is 0 Å². The van der Waals surface area contributed by atoms with Crippen molar-refractivity contribution in [3.63, 3.8) is 0 Å². The molecule has 0 unspecified atom stereocenters. The first-order valence-electron chi connectivity index (χ1n) is 8.41. The van der Waals surface area contributed by atoms with Crippen LogP contribution in [-0.2, 0) is 20.1 Å². The zero-order valence-corrected chi connectivity index (χ0v) is 15.2. The molecule has 0 fully saturated rings. The van der Waals surface area contributed by atoms with Gasteiger partial charge < -0.3 is 9.67 Å². The minimum absolute atomic E-state index is 0.157. The smallest absolute Gasteiger partial charge is 0.331 e. The summed E-state index contributed by atoms with van der Waals surface area (Å²) in [4.78, 5) is 29.2. The Labute approximate surface area is 159 Å². The summed E-state index contributed by atoms with van der Waals surface area (Å²) in [5, 5.41) is 29.2. The molecule has 0 aliphatic heterocycles. The van der Waals surface area contributed by atoms with E-state index in [1.807, 2.05) is 18.2 Å². The summed E-state index contributed by atoms with van der Waals surface area (Å²) in [5.74, 6) is -0.278. The fraction of sp³-hybridized carbons (Fsp3) is 0.211. The van der Waals surface area contributed by atoms with Crippen molar-refractivity contribution in [2.75, 3.05) is 0 Å². The first-order valence-corrected chi connectivity index (χ1v) is 8.41. The number of nitrogens with zero attached hydrogens (tertiary/aromatic N) is 6. The number of para-hydroxylation sites is 2. The Bertz CT molecular complexity index is 1310. The molecule has 0 atom stereocenters. The summed E-state index contributed by atoms with van der Waals surface area (Å²) in [7, 11) is 1.70. The van der Waals surface area contributed by atoms with Gasteiger partial charge in [-0.1, -0.05) is 12.1 Å². The molecule has 140 valence electrons. The molecule has 1 aromatic carbocycles. The number of hydrogen-bond acceptors (Lipinski definition) is 6. The highest BCUT2D eigenvalue weighted by atomic mass is 16.3. The molecule has 9 heteroatoms. The topological polar surface area (TPSA) is 130 Å². The molecule has 0 saturated heterocycles. The van der Waals surface area contributed by atoms with Crippen molar-refractivity contribution in [3.8, 4) is 12.1 Å². The van der Waals surface area contributed by atoms with E-state index in [0.29, 0.717) is 5.52 Å². The maximum atomic E-state index is 12.5. The maximum absolute atomic E-state index is 12.5. The molecule has 0 radical (unpaired) electrons. The molecular formula is C19H16N6O3. The van der Waals surface area contributed by atoms with E-state index in [-0.39, 0.29) is 23.5 Å². The predicted octanol–water partition coefficient (Wildman–Crippen LogP) is 1.28. The van der Waals surface area contributed by atoms with Crippen molar-refractivity contribution in [1.82, 2.24) is 18.7 Å². The number of allylic oxidation sites excluding steroid dienone is 2. The van der Waals surface area contributed by atoms with E-state index < -0.39 is 23.6 Å². The zero-order valence-electron chi connectivity index (χ0n) is 15.2. The molecule has 0 spiro atoms. The average Bonchev–Trinajstić information content (AvgIpc) is 3.03. The van der Waals surface area contributed by atoms with Gasteiger partial charge in [0, 0.05) is 19.8 Å². The van der Waals surface area contributed by atoms with Gasteiger partial charge in [-0.05, 0) is 19.1 Å². The minimum atomic E-state index is -0.828. The summed E-state index contributed by atoms with van der Waals surface area (Å²) in [6.07, 6.45) is 1.18. The molecule has 2 heterocycles. The number of imidazole rings is 1. The van der Waals surface area contributed by atoms with Crippen LogP contribution < -0.4 is 11.2 Å². The molecule has 1 N–H and O–H groups in total. The molecule has 2 aromatic heterocycles. The van der Waals surface area contributed by atoms with Gasteiger partial charge in [0.15, 0.2) is 5.82 Å². The second kappa shape index (κ2) is 7.25. The molecule has 0 amide bonds. The first-order chi connectivity index (χ1) is 13.4. The van der Waals surface area contributed by atoms with Crippen LogP contribution in [0.5, 0.6) is 0 Å². The van der Waals surface area contributed by atoms with Crippen LogP contribution in [0.4, 0.5) is 0 Å². The van der Waals surface area contributed by atoms with Gasteiger partial charge in [0.2, 0.25) is 0 Å². The lowest BCUT2D eigenvalue weighted by molar-refractivity contribution is 0.370. The van der Waals surface area contributed by atoms with Crippen molar-refractivity contribution < 1.29 is 5.11 Å². The Morgan fingerprint density at radius 3 is 2.57 bits per heavy atom. The SMILES string of the molecule is CCn1cc(C#N)c(=O)n(C/C(O)=C(/C#N)c2nc3ccccc3n2C)c1=O. The standard InChI is InChI=1S/C19H16N6O3/c1-3-24-10-12(8-20)18(27)25(19(24)28)11-16(26)13(9-21)17-22-14-6-4-5-7-15(14)23(17)2/h4-7,10,26H,3,11H2,1-2H3/b16-13+. The predicted molar refractivity (Wildman–Crippen MR) is 101 cm³/mol. The number of aliphatic hydroxyl groups excluding tert-OH is 1. The van der Waals surface area contributed by atoms with Gasteiger partial charge in [0.05, 0.1) is 17.6 Å². The summed E-state index contributed by atoms with van der Waals surface area (Å²) < 4.78 is 3.56. The summed E-state index contributed by atoms with van der Waals surface area (Å²) in [5.41, 5.74) is -0.496. The number of benzene rings is 1. The number of aryl methyl sites for hydroxylation is 2. The highest BCUT2D eigenvalue weighted by Crippen LogP contribution is 2.22. The third-order valence-corrected chi connectivity index (χ3v) is 4.42. The molecule has 0 aliphatic rings. The van der Waals surface area contributed by atoms with Crippen molar-refractivity contribution in [2.45, 2.75) is 20.0 Å². The Balaban J connectivity index is 2.19. The van der Waals surface area contributed by atoms with E-state index in [4.69, 9.17) is 5.26 Å². The molecule has 0 saturated carbocycles. The van der Waals surface area contributed by atoms with Crippen molar-refractivity contribution >= 4 is 16.6 Å². The van der Waals surface area contributed by atoms with Crippen LogP contribution in [0, 0.1) is 22.7 Å². The van der Waals surface area contributed by atoms with E-state index in [1.54, 1.807) is 36.7 Å². The number of hydrogen-bond donors (Lipinski definition) is 1. The number of rotatable bonds is 4. The van der Waals surface area contributed by atoms with Crippen molar-refractivity contribution in [3.05, 3.63) is 68.4 Å². The third-order valence-electron chi connectivity index (χ3n) is 4.42. The lowest BCUT2D eigenvalue weighted by Crippen LogP contribution is -2.41. The highest BCUT2D eigenvalue weighted by Gasteiger charge is 2.19. The Kier molecular flexibility index (Phi) is 4.84. The van der Waals surface area contributed by atoms with E-state index in [1.165, 1.54) is 10.8 Å². The van der Waals surface area contributed by atoms with Crippen LogP contribution in [0.2, 0.25) is 0 Å². The van der Waals surface area contributed by atoms with Gasteiger partial charge in [-0.3, -0.25) is 13.9 Å². The van der Waals surface area contributed by atoms with E-state index in [9.17, 15) is 20.0 Å². The number of fused-ring (bicyclic) bond motifs is 1. The minimum Gasteiger partial charge on any atom is -0.509 e. The zero-order chi connectivity index (χ0) is 20.4. The van der Waals surface area contributed by atoms with Crippen molar-refractivity contribution in [2.24, 2.45) is 7.05 Å². The molecule has 28 heavy (non-hydrogen) atoms. The molecule has 3 aromatic rings. The average molecular weight is 376 g/mol. The van der Waals surface area contributed by atoms with Gasteiger partial charge in [0.1, 0.15) is 29.0 Å². The third kappa shape index (κ3) is 2.95. The number of aromatic nitrogens is 4. The second-order valence-corrected chi connectivity index (χ2v) is 6.03. The van der Waals surface area contributed by atoms with Gasteiger partial charge >= 0.3 is 5.69 Å². The van der Waals surface area contributed by atoms with Crippen LogP contribution in [0.1, 0.15) is 18.3 Å². The fourth-order valence-electron chi connectivity index (χ4n) is 2.94. The monoisotopic (exact) mass is 376 g/mol. The van der Waals surface area contributed by atoms with Gasteiger partial charge in [-0.15, -0.1) is 0 Å². The van der Waals surface area contributed by atoms with E-state index in [2.05, 4.69) is 4.98 Å². The molecule has 3 rings (SSSR count). The molecule has 9 nitrogen and oxygen atoms in total. The Hall–Kier alpha value is -4.11. The first kappa shape index (κ1) is 18.7. The summed E-state index contributed by atoms with van der Waals surface area (Å²) in [6.45, 7) is 1.39. The van der Waals surface area contributed by atoms with Crippen LogP contribution in [0.15, 0.2) is 45.8 Å². The van der Waals surface area contributed by atoms with Crippen LogP contribution >= 0.6 is 0 Å². The fourth-order valence-corrected chi connectivity index (χ4v) is 2.94. The van der Waals surface area contributed by atoms with Gasteiger partial charge in [-0.2, -0.15) is 10.5 Å². The van der Waals surface area contributed by atoms with Crippen LogP contribution in [0.25, 0.3) is 16.6 Å². The van der Waals surface area contributed by atoms with Crippen LogP contribution in [-0.4, -0.2) is 23.8 Å². The Morgan fingerprint density at radius 2 is 1.96 bits per heavy atom. The number of aliphatic hydroxyl groups is 1. The normalized spacial score (nSPS) is 11.7. The largest absolute Gasteiger partial charge is 0.509 e. The van der Waals surface area contributed by atoms with Crippen LogP contribution in [0.3, 0.4) is 0 Å². The van der Waals surface area contributed by atoms with Crippen molar-refractivity contribution in [1.29, 1.82) is 10.5 Å². The quantitative estimate of drug-likeness (QED) is 0.539. The molecular weight excluding hydrogens is 360 g/mol. The summed E-state index contributed by atoms with van der Waals surface area (Å²) in [6, 6.07) is 10.8. The Morgan fingerprint density at radius 1 is 1.25 bits per heavy atom.